The lowest BCUT2D eigenvalue weighted by Gasteiger charge is -2.24. The summed E-state index contributed by atoms with van der Waals surface area (Å²) >= 11 is 3.39. The molecule has 1 amide bonds. The number of carbonyl (C=O) groups is 1. The molecule has 0 radical (unpaired) electrons. The summed E-state index contributed by atoms with van der Waals surface area (Å²) in [7, 11) is 0. The van der Waals surface area contributed by atoms with E-state index in [0.717, 1.165) is 22.7 Å². The molecule has 2 N–H and O–H groups in total. The number of rotatable bonds is 3. The van der Waals surface area contributed by atoms with Crippen LogP contribution in [0.3, 0.4) is 0 Å². The Morgan fingerprint density at radius 2 is 2.28 bits per heavy atom. The maximum Gasteiger partial charge on any atom is 0.220 e. The van der Waals surface area contributed by atoms with Crippen molar-refractivity contribution in [1.29, 1.82) is 0 Å². The van der Waals surface area contributed by atoms with E-state index < -0.39 is 0 Å². The molecule has 1 aliphatic rings. The molecule has 2 heterocycles. The van der Waals surface area contributed by atoms with Gasteiger partial charge in [0.1, 0.15) is 16.2 Å². The molecular formula is C12H17BrN4O. The molecule has 0 aromatic carbocycles. The lowest BCUT2D eigenvalue weighted by molar-refractivity contribution is -0.122. The first kappa shape index (κ1) is 13.3. The van der Waals surface area contributed by atoms with Gasteiger partial charge in [-0.15, -0.1) is 0 Å². The van der Waals surface area contributed by atoms with Crippen LogP contribution in [-0.4, -0.2) is 28.5 Å². The molecule has 0 spiro atoms. The summed E-state index contributed by atoms with van der Waals surface area (Å²) in [5.41, 5.74) is 0. The van der Waals surface area contributed by atoms with Crippen molar-refractivity contribution >= 4 is 27.7 Å². The molecule has 1 atom stereocenters. The third kappa shape index (κ3) is 3.41. The number of nitrogens with zero attached hydrogens (tertiary/aromatic N) is 2. The van der Waals surface area contributed by atoms with E-state index in [2.05, 4.69) is 50.4 Å². The molecule has 0 aliphatic carbocycles. The van der Waals surface area contributed by atoms with Gasteiger partial charge in [-0.2, -0.15) is 0 Å². The Labute approximate surface area is 115 Å². The topological polar surface area (TPSA) is 66.9 Å². The van der Waals surface area contributed by atoms with E-state index in [9.17, 15) is 4.79 Å². The first-order valence-corrected chi connectivity index (χ1v) is 6.91. The van der Waals surface area contributed by atoms with Gasteiger partial charge in [-0.1, -0.05) is 13.8 Å². The summed E-state index contributed by atoms with van der Waals surface area (Å²) in [5.74, 6) is 2.03. The summed E-state index contributed by atoms with van der Waals surface area (Å²) in [6, 6.07) is 2.10. The van der Waals surface area contributed by atoms with Crippen LogP contribution in [0, 0.1) is 0 Å². The van der Waals surface area contributed by atoms with Gasteiger partial charge in [0.05, 0.1) is 0 Å². The Morgan fingerprint density at radius 1 is 1.50 bits per heavy atom. The highest BCUT2D eigenvalue weighted by molar-refractivity contribution is 9.10. The number of nitrogens with one attached hydrogen (secondary N) is 2. The number of piperidine rings is 1. The van der Waals surface area contributed by atoms with Crippen molar-refractivity contribution in [2.75, 3.05) is 11.9 Å². The average molecular weight is 313 g/mol. The van der Waals surface area contributed by atoms with Gasteiger partial charge >= 0.3 is 0 Å². The van der Waals surface area contributed by atoms with E-state index in [1.165, 1.54) is 0 Å². The summed E-state index contributed by atoms with van der Waals surface area (Å²) < 4.78 is 0.781. The highest BCUT2D eigenvalue weighted by Gasteiger charge is 2.18. The molecule has 2 rings (SSSR count). The largest absolute Gasteiger partial charge is 0.365 e. The third-order valence-corrected chi connectivity index (χ3v) is 3.25. The van der Waals surface area contributed by atoms with E-state index in [0.29, 0.717) is 13.0 Å². The van der Waals surface area contributed by atoms with Gasteiger partial charge in [-0.25, -0.2) is 9.97 Å². The third-order valence-electron chi connectivity index (χ3n) is 2.85. The van der Waals surface area contributed by atoms with Crippen LogP contribution in [0.2, 0.25) is 0 Å². The van der Waals surface area contributed by atoms with Gasteiger partial charge in [0.2, 0.25) is 5.91 Å². The van der Waals surface area contributed by atoms with Gasteiger partial charge in [-0.3, -0.25) is 4.79 Å². The van der Waals surface area contributed by atoms with Gasteiger partial charge in [0.25, 0.3) is 0 Å². The highest BCUT2D eigenvalue weighted by atomic mass is 79.9. The van der Waals surface area contributed by atoms with E-state index >= 15 is 0 Å². The monoisotopic (exact) mass is 312 g/mol. The van der Waals surface area contributed by atoms with Crippen LogP contribution in [0.5, 0.6) is 0 Å². The molecule has 1 unspecified atom stereocenters. The summed E-state index contributed by atoms with van der Waals surface area (Å²) in [4.78, 5) is 19.9. The van der Waals surface area contributed by atoms with E-state index in [4.69, 9.17) is 0 Å². The predicted molar refractivity (Wildman–Crippen MR) is 73.5 cm³/mol. The molecule has 6 heteroatoms. The zero-order valence-corrected chi connectivity index (χ0v) is 12.1. The van der Waals surface area contributed by atoms with E-state index in [1.54, 1.807) is 0 Å². The van der Waals surface area contributed by atoms with Crippen molar-refractivity contribution in [3.8, 4) is 0 Å². The van der Waals surface area contributed by atoms with Crippen molar-refractivity contribution in [2.45, 2.75) is 38.6 Å². The van der Waals surface area contributed by atoms with Crippen LogP contribution in [-0.2, 0) is 4.79 Å². The quantitative estimate of drug-likeness (QED) is 0.838. The summed E-state index contributed by atoms with van der Waals surface area (Å²) in [6.07, 6.45) is 1.41. The molecule has 98 valence electrons. The lowest BCUT2D eigenvalue weighted by Crippen LogP contribution is -2.42. The molecule has 1 fully saturated rings. The number of hydrogen-bond acceptors (Lipinski definition) is 4. The second-order valence-corrected chi connectivity index (χ2v) is 5.59. The summed E-state index contributed by atoms with van der Waals surface area (Å²) in [5, 5.41) is 6.19. The van der Waals surface area contributed by atoms with Gasteiger partial charge in [0.15, 0.2) is 0 Å². The lowest BCUT2D eigenvalue weighted by atomic mass is 10.1. The molecule has 1 aliphatic heterocycles. The minimum absolute atomic E-state index is 0.125. The second kappa shape index (κ2) is 5.65. The number of amides is 1. The van der Waals surface area contributed by atoms with Gasteiger partial charge in [-0.05, 0) is 22.4 Å². The van der Waals surface area contributed by atoms with Crippen molar-refractivity contribution in [2.24, 2.45) is 0 Å². The maximum absolute atomic E-state index is 11.1. The van der Waals surface area contributed by atoms with Crippen LogP contribution in [0.15, 0.2) is 10.7 Å². The Hall–Kier alpha value is -1.17. The maximum atomic E-state index is 11.1. The zero-order chi connectivity index (χ0) is 13.1. The molecule has 0 saturated carbocycles. The van der Waals surface area contributed by atoms with Crippen LogP contribution in [0.25, 0.3) is 0 Å². The minimum Gasteiger partial charge on any atom is -0.365 e. The van der Waals surface area contributed by atoms with Crippen LogP contribution in [0.1, 0.15) is 38.4 Å². The Bertz CT molecular complexity index is 440. The number of halogens is 1. The van der Waals surface area contributed by atoms with Crippen molar-refractivity contribution in [3.05, 3.63) is 16.5 Å². The van der Waals surface area contributed by atoms with Crippen molar-refractivity contribution in [1.82, 2.24) is 15.3 Å². The van der Waals surface area contributed by atoms with Gasteiger partial charge < -0.3 is 10.6 Å². The highest BCUT2D eigenvalue weighted by Crippen LogP contribution is 2.19. The standard InChI is InChI=1S/C12H17BrN4O/c1-7(2)12-16-9(13)5-10(17-12)15-8-3-4-11(18)14-6-8/h5,7-8H,3-4,6H2,1-2H3,(H,14,18)(H,15,16,17). The fourth-order valence-corrected chi connectivity index (χ4v) is 2.23. The number of aromatic nitrogens is 2. The van der Waals surface area contributed by atoms with Crippen LogP contribution in [0.4, 0.5) is 5.82 Å². The second-order valence-electron chi connectivity index (χ2n) is 4.77. The smallest absolute Gasteiger partial charge is 0.220 e. The number of anilines is 1. The van der Waals surface area contributed by atoms with Crippen molar-refractivity contribution in [3.63, 3.8) is 0 Å². The predicted octanol–water partition coefficient (Wildman–Crippen LogP) is 2.05. The minimum atomic E-state index is 0.125. The molecule has 18 heavy (non-hydrogen) atoms. The normalized spacial score (nSPS) is 19.8. The first-order valence-electron chi connectivity index (χ1n) is 6.12. The molecule has 1 saturated heterocycles. The SMILES string of the molecule is CC(C)c1nc(Br)cc(NC2CCC(=O)NC2)n1. The Morgan fingerprint density at radius 3 is 2.89 bits per heavy atom. The first-order chi connectivity index (χ1) is 8.54. The molecule has 1 aromatic heterocycles. The van der Waals surface area contributed by atoms with E-state index in [1.807, 2.05) is 6.07 Å². The average Bonchev–Trinajstić information content (AvgIpc) is 2.31. The fourth-order valence-electron chi connectivity index (χ4n) is 1.83. The molecule has 0 bridgehead atoms. The molecule has 1 aromatic rings. The fraction of sp³-hybridized carbons (Fsp3) is 0.583. The summed E-state index contributed by atoms with van der Waals surface area (Å²) in [6.45, 7) is 4.77. The van der Waals surface area contributed by atoms with Crippen molar-refractivity contribution < 1.29 is 4.79 Å². The number of carbonyl (C=O) groups excluding carboxylic acids is 1. The van der Waals surface area contributed by atoms with Crippen LogP contribution < -0.4 is 10.6 Å². The molecule has 5 nitrogen and oxygen atoms in total. The Balaban J connectivity index is 2.06. The van der Waals surface area contributed by atoms with E-state index in [-0.39, 0.29) is 17.9 Å². The Kier molecular flexibility index (Phi) is 4.16. The molecular weight excluding hydrogens is 296 g/mol. The zero-order valence-electron chi connectivity index (χ0n) is 10.5. The number of hydrogen-bond donors (Lipinski definition) is 2. The van der Waals surface area contributed by atoms with Crippen LogP contribution >= 0.6 is 15.9 Å². The van der Waals surface area contributed by atoms with Gasteiger partial charge in [0, 0.05) is 31.0 Å².